The SMILES string of the molecule is COc1ccc(/C=C(/C#N)c2ccc(N(N)c3ccccc3)cc2)cc1OC. The van der Waals surface area contributed by atoms with Crippen molar-refractivity contribution < 1.29 is 9.47 Å². The Balaban J connectivity index is 1.87. The largest absolute Gasteiger partial charge is 0.493 e. The second-order valence-corrected chi connectivity index (χ2v) is 6.04. The smallest absolute Gasteiger partial charge is 0.161 e. The van der Waals surface area contributed by atoms with Crippen LogP contribution in [0.1, 0.15) is 11.1 Å². The lowest BCUT2D eigenvalue weighted by Gasteiger charge is -2.18. The van der Waals surface area contributed by atoms with Gasteiger partial charge in [0.05, 0.1) is 37.2 Å². The lowest BCUT2D eigenvalue weighted by atomic mass is 10.0. The molecule has 0 amide bonds. The molecule has 0 aliphatic carbocycles. The summed E-state index contributed by atoms with van der Waals surface area (Å²) in [6, 6.07) is 25.0. The molecule has 3 rings (SSSR count). The third kappa shape index (κ3) is 4.14. The standard InChI is InChI=1S/C23H21N3O2/c1-27-22-13-8-17(15-23(22)28-2)14-19(16-24)18-9-11-21(12-10-18)26(25)20-6-4-3-5-7-20/h3-15H,25H2,1-2H3/b19-14-. The molecule has 0 aliphatic heterocycles. The molecule has 3 aromatic rings. The van der Waals surface area contributed by atoms with Crippen LogP contribution in [0, 0.1) is 11.3 Å². The van der Waals surface area contributed by atoms with E-state index in [0.29, 0.717) is 17.1 Å². The number of ether oxygens (including phenoxy) is 2. The van der Waals surface area contributed by atoms with Gasteiger partial charge in [0.15, 0.2) is 11.5 Å². The van der Waals surface area contributed by atoms with Gasteiger partial charge < -0.3 is 9.47 Å². The van der Waals surface area contributed by atoms with E-state index in [-0.39, 0.29) is 0 Å². The number of hydrogen-bond acceptors (Lipinski definition) is 5. The quantitative estimate of drug-likeness (QED) is 0.292. The second-order valence-electron chi connectivity index (χ2n) is 6.04. The first-order chi connectivity index (χ1) is 13.7. The zero-order valence-corrected chi connectivity index (χ0v) is 15.8. The highest BCUT2D eigenvalue weighted by atomic mass is 16.5. The van der Waals surface area contributed by atoms with Crippen molar-refractivity contribution in [1.82, 2.24) is 0 Å². The molecule has 5 nitrogen and oxygen atoms in total. The fourth-order valence-electron chi connectivity index (χ4n) is 2.83. The van der Waals surface area contributed by atoms with Gasteiger partial charge in [-0.3, -0.25) is 5.01 Å². The van der Waals surface area contributed by atoms with Gasteiger partial charge in [0.25, 0.3) is 0 Å². The first-order valence-electron chi connectivity index (χ1n) is 8.70. The van der Waals surface area contributed by atoms with E-state index in [1.54, 1.807) is 19.2 Å². The Morgan fingerprint density at radius 3 is 2.14 bits per heavy atom. The number of anilines is 2. The van der Waals surface area contributed by atoms with Crippen molar-refractivity contribution in [1.29, 1.82) is 5.26 Å². The summed E-state index contributed by atoms with van der Waals surface area (Å²) in [6.45, 7) is 0. The fourth-order valence-corrected chi connectivity index (χ4v) is 2.83. The summed E-state index contributed by atoms with van der Waals surface area (Å²) in [4.78, 5) is 0. The molecule has 0 bridgehead atoms. The highest BCUT2D eigenvalue weighted by Gasteiger charge is 2.08. The lowest BCUT2D eigenvalue weighted by molar-refractivity contribution is 0.355. The molecule has 2 N–H and O–H groups in total. The first kappa shape index (κ1) is 19.0. The zero-order valence-electron chi connectivity index (χ0n) is 15.8. The van der Waals surface area contributed by atoms with Crippen LogP contribution in [-0.4, -0.2) is 14.2 Å². The molecule has 0 heterocycles. The molecule has 140 valence electrons. The fraction of sp³-hybridized carbons (Fsp3) is 0.0870. The summed E-state index contributed by atoms with van der Waals surface area (Å²) in [6.07, 6.45) is 1.81. The Morgan fingerprint density at radius 2 is 1.54 bits per heavy atom. The van der Waals surface area contributed by atoms with E-state index in [1.165, 1.54) is 0 Å². The van der Waals surface area contributed by atoms with Crippen LogP contribution >= 0.6 is 0 Å². The number of hydrogen-bond donors (Lipinski definition) is 1. The molecule has 0 unspecified atom stereocenters. The number of hydrazine groups is 1. The molecular weight excluding hydrogens is 350 g/mol. The first-order valence-corrected chi connectivity index (χ1v) is 8.70. The normalized spacial score (nSPS) is 10.9. The van der Waals surface area contributed by atoms with Crippen LogP contribution in [0.5, 0.6) is 11.5 Å². The van der Waals surface area contributed by atoms with Crippen molar-refractivity contribution in [2.75, 3.05) is 19.2 Å². The average molecular weight is 371 g/mol. The van der Waals surface area contributed by atoms with E-state index in [1.807, 2.05) is 78.9 Å². The van der Waals surface area contributed by atoms with Crippen molar-refractivity contribution in [3.05, 3.63) is 83.9 Å². The molecule has 0 aromatic heterocycles. The van der Waals surface area contributed by atoms with Gasteiger partial charge >= 0.3 is 0 Å². The van der Waals surface area contributed by atoms with Gasteiger partial charge in [0.2, 0.25) is 0 Å². The summed E-state index contributed by atoms with van der Waals surface area (Å²) in [5, 5.41) is 11.2. The third-order valence-corrected chi connectivity index (χ3v) is 4.33. The van der Waals surface area contributed by atoms with Crippen LogP contribution in [0.15, 0.2) is 72.8 Å². The van der Waals surface area contributed by atoms with Crippen molar-refractivity contribution in [2.45, 2.75) is 0 Å². The second kappa shape index (κ2) is 8.76. The number of rotatable bonds is 6. The van der Waals surface area contributed by atoms with E-state index in [0.717, 1.165) is 22.5 Å². The monoisotopic (exact) mass is 371 g/mol. The molecule has 28 heavy (non-hydrogen) atoms. The topological polar surface area (TPSA) is 71.5 Å². The Kier molecular flexibility index (Phi) is 5.95. The minimum atomic E-state index is 0.544. The summed E-state index contributed by atoms with van der Waals surface area (Å²) < 4.78 is 10.6. The number of nitrogens with two attached hydrogens (primary N) is 1. The van der Waals surface area contributed by atoms with Gasteiger partial charge in [-0.1, -0.05) is 36.4 Å². The summed E-state index contributed by atoms with van der Waals surface area (Å²) in [7, 11) is 3.17. The molecule has 0 spiro atoms. The molecule has 3 aromatic carbocycles. The average Bonchev–Trinajstić information content (AvgIpc) is 2.77. The minimum Gasteiger partial charge on any atom is -0.493 e. The highest BCUT2D eigenvalue weighted by Crippen LogP contribution is 2.30. The molecular formula is C23H21N3O2. The van der Waals surface area contributed by atoms with Gasteiger partial charge in [0.1, 0.15) is 0 Å². The van der Waals surface area contributed by atoms with Crippen LogP contribution in [0.2, 0.25) is 0 Å². The van der Waals surface area contributed by atoms with Crippen molar-refractivity contribution in [3.63, 3.8) is 0 Å². The van der Waals surface area contributed by atoms with E-state index in [9.17, 15) is 5.26 Å². The third-order valence-electron chi connectivity index (χ3n) is 4.33. The molecule has 0 radical (unpaired) electrons. The molecule has 0 saturated carbocycles. The lowest BCUT2D eigenvalue weighted by Crippen LogP contribution is -2.24. The van der Waals surface area contributed by atoms with Crippen molar-refractivity contribution in [2.24, 2.45) is 5.84 Å². The van der Waals surface area contributed by atoms with E-state index in [4.69, 9.17) is 15.3 Å². The van der Waals surface area contributed by atoms with Crippen LogP contribution in [-0.2, 0) is 0 Å². The predicted octanol–water partition coefficient (Wildman–Crippen LogP) is 4.78. The van der Waals surface area contributed by atoms with E-state index < -0.39 is 0 Å². The summed E-state index contributed by atoms with van der Waals surface area (Å²) >= 11 is 0. The van der Waals surface area contributed by atoms with Crippen LogP contribution in [0.4, 0.5) is 11.4 Å². The number of methoxy groups -OCH3 is 2. The van der Waals surface area contributed by atoms with Crippen LogP contribution < -0.4 is 20.3 Å². The van der Waals surface area contributed by atoms with Crippen LogP contribution in [0.3, 0.4) is 0 Å². The van der Waals surface area contributed by atoms with E-state index in [2.05, 4.69) is 6.07 Å². The van der Waals surface area contributed by atoms with Crippen molar-refractivity contribution >= 4 is 23.0 Å². The van der Waals surface area contributed by atoms with E-state index >= 15 is 0 Å². The Hall–Kier alpha value is -3.75. The number of allylic oxidation sites excluding steroid dienone is 1. The molecule has 0 fully saturated rings. The molecule has 5 heteroatoms. The van der Waals surface area contributed by atoms with Gasteiger partial charge in [-0.15, -0.1) is 0 Å². The van der Waals surface area contributed by atoms with Gasteiger partial charge in [-0.05, 0) is 53.6 Å². The Morgan fingerprint density at radius 1 is 0.893 bits per heavy atom. The highest BCUT2D eigenvalue weighted by molar-refractivity contribution is 5.90. The summed E-state index contributed by atoms with van der Waals surface area (Å²) in [5.41, 5.74) is 3.92. The molecule has 0 atom stereocenters. The molecule has 0 saturated heterocycles. The molecule has 0 aliphatic rings. The van der Waals surface area contributed by atoms with Gasteiger partial charge in [-0.25, -0.2) is 5.84 Å². The predicted molar refractivity (Wildman–Crippen MR) is 112 cm³/mol. The minimum absolute atomic E-state index is 0.544. The maximum atomic E-state index is 9.62. The maximum Gasteiger partial charge on any atom is 0.161 e. The maximum absolute atomic E-state index is 9.62. The number of nitriles is 1. The van der Waals surface area contributed by atoms with Gasteiger partial charge in [0, 0.05) is 0 Å². The number of para-hydroxylation sites is 1. The van der Waals surface area contributed by atoms with Gasteiger partial charge in [-0.2, -0.15) is 5.26 Å². The Labute approximate surface area is 164 Å². The zero-order chi connectivity index (χ0) is 19.9. The number of nitrogens with zero attached hydrogens (tertiary/aromatic N) is 2. The number of benzene rings is 3. The summed E-state index contributed by atoms with van der Waals surface area (Å²) in [5.74, 6) is 7.45. The van der Waals surface area contributed by atoms with Crippen molar-refractivity contribution in [3.8, 4) is 17.6 Å². The Bertz CT molecular complexity index is 1010. The van der Waals surface area contributed by atoms with Crippen LogP contribution in [0.25, 0.3) is 11.6 Å².